The molecule has 2 rings (SSSR count). The molecular formula is C15H17N. The molecule has 0 atom stereocenters. The van der Waals surface area contributed by atoms with Gasteiger partial charge in [-0.25, -0.2) is 0 Å². The summed E-state index contributed by atoms with van der Waals surface area (Å²) in [6.07, 6.45) is 0.917. The summed E-state index contributed by atoms with van der Waals surface area (Å²) in [4.78, 5) is 0. The first-order valence-corrected chi connectivity index (χ1v) is 5.56. The van der Waals surface area contributed by atoms with Gasteiger partial charge in [0.1, 0.15) is 0 Å². The largest absolute Gasteiger partial charge is 0.398 e. The van der Waals surface area contributed by atoms with Crippen LogP contribution in [0.3, 0.4) is 0 Å². The average Bonchev–Trinajstić information content (AvgIpc) is 2.27. The first kappa shape index (κ1) is 10.7. The lowest BCUT2D eigenvalue weighted by Crippen LogP contribution is -1.97. The van der Waals surface area contributed by atoms with Crippen molar-refractivity contribution in [2.75, 3.05) is 5.73 Å². The van der Waals surface area contributed by atoms with E-state index in [4.69, 9.17) is 5.73 Å². The van der Waals surface area contributed by atoms with E-state index < -0.39 is 0 Å². The fraction of sp³-hybridized carbons (Fsp3) is 0.200. The molecule has 0 spiro atoms. The van der Waals surface area contributed by atoms with Crippen LogP contribution in [0.4, 0.5) is 5.69 Å². The van der Waals surface area contributed by atoms with Crippen LogP contribution in [0.25, 0.3) is 0 Å². The Bertz CT molecular complexity index is 501. The standard InChI is InChI=1S/C15H17N/c1-11-7-8-15(16)14(9-11)10-13-6-4-3-5-12(13)2/h3-9H,10,16H2,1-2H3. The zero-order valence-corrected chi connectivity index (χ0v) is 9.83. The summed E-state index contributed by atoms with van der Waals surface area (Å²) in [6.45, 7) is 4.24. The Morgan fingerprint density at radius 2 is 1.69 bits per heavy atom. The Hall–Kier alpha value is -1.76. The van der Waals surface area contributed by atoms with Gasteiger partial charge in [-0.2, -0.15) is 0 Å². The number of nitrogen functional groups attached to an aromatic ring is 1. The molecule has 16 heavy (non-hydrogen) atoms. The highest BCUT2D eigenvalue weighted by molar-refractivity contribution is 5.51. The maximum Gasteiger partial charge on any atom is 0.0350 e. The van der Waals surface area contributed by atoms with Crippen LogP contribution in [0.15, 0.2) is 42.5 Å². The lowest BCUT2D eigenvalue weighted by Gasteiger charge is -2.09. The van der Waals surface area contributed by atoms with E-state index in [2.05, 4.69) is 50.2 Å². The molecule has 2 N–H and O–H groups in total. The van der Waals surface area contributed by atoms with Crippen molar-refractivity contribution in [3.05, 3.63) is 64.7 Å². The summed E-state index contributed by atoms with van der Waals surface area (Å²) in [6, 6.07) is 14.7. The number of rotatable bonds is 2. The van der Waals surface area contributed by atoms with Crippen molar-refractivity contribution < 1.29 is 0 Å². The normalized spacial score (nSPS) is 10.4. The van der Waals surface area contributed by atoms with E-state index in [1.165, 1.54) is 22.3 Å². The summed E-state index contributed by atoms with van der Waals surface area (Å²) in [5, 5.41) is 0. The third kappa shape index (κ3) is 2.25. The maximum absolute atomic E-state index is 5.99. The van der Waals surface area contributed by atoms with Crippen LogP contribution in [-0.4, -0.2) is 0 Å². The van der Waals surface area contributed by atoms with Gasteiger partial charge in [-0.3, -0.25) is 0 Å². The van der Waals surface area contributed by atoms with Crippen molar-refractivity contribution in [2.24, 2.45) is 0 Å². The summed E-state index contributed by atoms with van der Waals surface area (Å²) in [5.41, 5.74) is 12.0. The molecule has 0 unspecified atom stereocenters. The number of benzene rings is 2. The highest BCUT2D eigenvalue weighted by Gasteiger charge is 2.03. The van der Waals surface area contributed by atoms with E-state index in [1.54, 1.807) is 0 Å². The van der Waals surface area contributed by atoms with E-state index in [9.17, 15) is 0 Å². The monoisotopic (exact) mass is 211 g/mol. The van der Waals surface area contributed by atoms with E-state index >= 15 is 0 Å². The number of hydrogen-bond acceptors (Lipinski definition) is 1. The van der Waals surface area contributed by atoms with Crippen LogP contribution in [0.5, 0.6) is 0 Å². The maximum atomic E-state index is 5.99. The fourth-order valence-corrected chi connectivity index (χ4v) is 1.90. The van der Waals surface area contributed by atoms with Crippen molar-refractivity contribution in [3.63, 3.8) is 0 Å². The van der Waals surface area contributed by atoms with E-state index in [1.807, 2.05) is 6.07 Å². The molecule has 1 heteroatoms. The van der Waals surface area contributed by atoms with Crippen LogP contribution in [0.2, 0.25) is 0 Å². The minimum atomic E-state index is 0.883. The summed E-state index contributed by atoms with van der Waals surface area (Å²) in [5.74, 6) is 0. The van der Waals surface area contributed by atoms with Crippen LogP contribution >= 0.6 is 0 Å². The number of anilines is 1. The van der Waals surface area contributed by atoms with Gasteiger partial charge in [0, 0.05) is 5.69 Å². The Kier molecular flexibility index (Phi) is 2.95. The zero-order valence-electron chi connectivity index (χ0n) is 9.83. The van der Waals surface area contributed by atoms with E-state index in [0.29, 0.717) is 0 Å². The molecule has 1 nitrogen and oxygen atoms in total. The molecule has 2 aromatic rings. The SMILES string of the molecule is Cc1ccc(N)c(Cc2ccccc2C)c1. The van der Waals surface area contributed by atoms with Crippen molar-refractivity contribution in [2.45, 2.75) is 20.3 Å². The Morgan fingerprint density at radius 3 is 2.44 bits per heavy atom. The molecule has 0 saturated heterocycles. The van der Waals surface area contributed by atoms with Gasteiger partial charge in [0.05, 0.1) is 0 Å². The predicted octanol–water partition coefficient (Wildman–Crippen LogP) is 3.48. The molecule has 0 aromatic heterocycles. The van der Waals surface area contributed by atoms with Crippen LogP contribution in [0.1, 0.15) is 22.3 Å². The van der Waals surface area contributed by atoms with Crippen molar-refractivity contribution in [1.29, 1.82) is 0 Å². The fourth-order valence-electron chi connectivity index (χ4n) is 1.90. The van der Waals surface area contributed by atoms with Gasteiger partial charge < -0.3 is 5.73 Å². The van der Waals surface area contributed by atoms with E-state index in [0.717, 1.165) is 12.1 Å². The zero-order chi connectivity index (χ0) is 11.5. The molecule has 0 amide bonds. The van der Waals surface area contributed by atoms with Gasteiger partial charge in [-0.1, -0.05) is 42.0 Å². The third-order valence-electron chi connectivity index (χ3n) is 2.94. The molecule has 2 aromatic carbocycles. The predicted molar refractivity (Wildman–Crippen MR) is 69.6 cm³/mol. The quantitative estimate of drug-likeness (QED) is 0.756. The minimum Gasteiger partial charge on any atom is -0.398 e. The van der Waals surface area contributed by atoms with Crippen molar-refractivity contribution in [3.8, 4) is 0 Å². The molecule has 0 bridgehead atoms. The summed E-state index contributed by atoms with van der Waals surface area (Å²) >= 11 is 0. The van der Waals surface area contributed by atoms with Gasteiger partial charge in [0.25, 0.3) is 0 Å². The minimum absolute atomic E-state index is 0.883. The number of aryl methyl sites for hydroxylation is 2. The third-order valence-corrected chi connectivity index (χ3v) is 2.94. The summed E-state index contributed by atoms with van der Waals surface area (Å²) < 4.78 is 0. The summed E-state index contributed by atoms with van der Waals surface area (Å²) in [7, 11) is 0. The lowest BCUT2D eigenvalue weighted by molar-refractivity contribution is 1.15. The Morgan fingerprint density at radius 1 is 0.938 bits per heavy atom. The van der Waals surface area contributed by atoms with Gasteiger partial charge in [-0.15, -0.1) is 0 Å². The Labute approximate surface area is 96.9 Å². The van der Waals surface area contributed by atoms with Gasteiger partial charge in [-0.05, 0) is 43.0 Å². The first-order chi connectivity index (χ1) is 7.66. The van der Waals surface area contributed by atoms with Crippen molar-refractivity contribution in [1.82, 2.24) is 0 Å². The van der Waals surface area contributed by atoms with Crippen LogP contribution < -0.4 is 5.73 Å². The second-order valence-electron chi connectivity index (χ2n) is 4.31. The highest BCUT2D eigenvalue weighted by Crippen LogP contribution is 2.19. The highest BCUT2D eigenvalue weighted by atomic mass is 14.6. The molecule has 0 heterocycles. The average molecular weight is 211 g/mol. The van der Waals surface area contributed by atoms with Gasteiger partial charge in [0.2, 0.25) is 0 Å². The molecule has 0 aliphatic heterocycles. The van der Waals surface area contributed by atoms with Crippen LogP contribution in [0, 0.1) is 13.8 Å². The molecule has 82 valence electrons. The molecule has 0 saturated carbocycles. The number of nitrogens with two attached hydrogens (primary N) is 1. The number of hydrogen-bond donors (Lipinski definition) is 1. The Balaban J connectivity index is 2.34. The van der Waals surface area contributed by atoms with Crippen LogP contribution in [-0.2, 0) is 6.42 Å². The van der Waals surface area contributed by atoms with E-state index in [-0.39, 0.29) is 0 Å². The topological polar surface area (TPSA) is 26.0 Å². The first-order valence-electron chi connectivity index (χ1n) is 5.56. The smallest absolute Gasteiger partial charge is 0.0350 e. The van der Waals surface area contributed by atoms with Gasteiger partial charge >= 0.3 is 0 Å². The lowest BCUT2D eigenvalue weighted by atomic mass is 9.98. The molecular weight excluding hydrogens is 194 g/mol. The molecule has 0 fully saturated rings. The van der Waals surface area contributed by atoms with Crippen molar-refractivity contribution >= 4 is 5.69 Å². The second-order valence-corrected chi connectivity index (χ2v) is 4.31. The molecule has 0 aliphatic rings. The molecule has 0 radical (unpaired) electrons. The molecule has 0 aliphatic carbocycles. The van der Waals surface area contributed by atoms with Gasteiger partial charge in [0.15, 0.2) is 0 Å². The second kappa shape index (κ2) is 4.40.